The van der Waals surface area contributed by atoms with E-state index in [4.69, 9.17) is 5.73 Å². The molecule has 3 unspecified atom stereocenters. The number of hydrogen-bond donors (Lipinski definition) is 1. The third-order valence-electron chi connectivity index (χ3n) is 3.39. The Balaban J connectivity index is 1.74. The number of fused-ring (bicyclic) bond motifs is 1. The number of nitrogens with two attached hydrogens (primary N) is 1. The lowest BCUT2D eigenvalue weighted by atomic mass is 9.87. The molecule has 0 aromatic heterocycles. The smallest absolute Gasteiger partial charge is 0.0951 e. The summed E-state index contributed by atoms with van der Waals surface area (Å²) in [6.07, 6.45) is 5.96. The van der Waals surface area contributed by atoms with Gasteiger partial charge in [0.2, 0.25) is 0 Å². The predicted octanol–water partition coefficient (Wildman–Crippen LogP) is 1.08. The second-order valence-corrected chi connectivity index (χ2v) is 4.52. The topological polar surface area (TPSA) is 54.0 Å². The molecule has 2 aliphatic carbocycles. The van der Waals surface area contributed by atoms with Gasteiger partial charge in [0, 0.05) is 12.1 Å². The van der Waals surface area contributed by atoms with Crippen LogP contribution in [-0.4, -0.2) is 29.2 Å². The summed E-state index contributed by atoms with van der Waals surface area (Å²) in [6.45, 7) is 0. The summed E-state index contributed by atoms with van der Waals surface area (Å²) in [6, 6.07) is 2.08. The second-order valence-electron chi connectivity index (χ2n) is 4.52. The molecule has 4 heteroatoms. The molecule has 3 atom stereocenters. The normalized spacial score (nSPS) is 43.8. The van der Waals surface area contributed by atoms with Gasteiger partial charge >= 0.3 is 0 Å². The molecule has 0 radical (unpaired) electrons. The molecule has 0 spiro atoms. The molecule has 13 heavy (non-hydrogen) atoms. The number of rotatable bonds is 1. The Morgan fingerprint density at radius 2 is 2.00 bits per heavy atom. The van der Waals surface area contributed by atoms with Crippen molar-refractivity contribution in [1.82, 2.24) is 5.01 Å². The molecule has 0 amide bonds. The summed E-state index contributed by atoms with van der Waals surface area (Å²) in [5, 5.41) is 10.8. The highest BCUT2D eigenvalue weighted by Gasteiger charge is 2.43. The molecule has 2 N–H and O–H groups in total. The molecule has 3 aliphatic rings. The molecule has 3 rings (SSSR count). The SMILES string of the molecule is NC1CCC2N=NN(C3CC3)C2C1. The maximum atomic E-state index is 5.96. The van der Waals surface area contributed by atoms with E-state index in [0.29, 0.717) is 24.2 Å². The molecule has 2 saturated carbocycles. The number of hydrogen-bond acceptors (Lipinski definition) is 4. The van der Waals surface area contributed by atoms with E-state index < -0.39 is 0 Å². The lowest BCUT2D eigenvalue weighted by Crippen LogP contribution is -2.45. The summed E-state index contributed by atoms with van der Waals surface area (Å²) in [7, 11) is 0. The van der Waals surface area contributed by atoms with E-state index in [2.05, 4.69) is 15.3 Å². The van der Waals surface area contributed by atoms with Crippen molar-refractivity contribution in [3.8, 4) is 0 Å². The third-order valence-corrected chi connectivity index (χ3v) is 3.39. The van der Waals surface area contributed by atoms with Crippen molar-refractivity contribution in [2.75, 3.05) is 0 Å². The van der Waals surface area contributed by atoms with Crippen molar-refractivity contribution in [1.29, 1.82) is 0 Å². The van der Waals surface area contributed by atoms with Crippen LogP contribution in [-0.2, 0) is 0 Å². The Morgan fingerprint density at radius 1 is 1.15 bits per heavy atom. The van der Waals surface area contributed by atoms with Crippen LogP contribution in [0.2, 0.25) is 0 Å². The van der Waals surface area contributed by atoms with Crippen LogP contribution in [0.4, 0.5) is 0 Å². The molecule has 4 nitrogen and oxygen atoms in total. The van der Waals surface area contributed by atoms with E-state index in [9.17, 15) is 0 Å². The van der Waals surface area contributed by atoms with Crippen molar-refractivity contribution in [2.24, 2.45) is 16.1 Å². The minimum absolute atomic E-state index is 0.381. The molecule has 2 fully saturated rings. The first-order valence-corrected chi connectivity index (χ1v) is 5.29. The van der Waals surface area contributed by atoms with Gasteiger partial charge in [0.1, 0.15) is 0 Å². The maximum Gasteiger partial charge on any atom is 0.0951 e. The van der Waals surface area contributed by atoms with Crippen molar-refractivity contribution in [2.45, 2.75) is 56.3 Å². The van der Waals surface area contributed by atoms with E-state index in [1.165, 1.54) is 12.8 Å². The number of nitrogens with zero attached hydrogens (tertiary/aromatic N) is 3. The quantitative estimate of drug-likeness (QED) is 0.656. The minimum atomic E-state index is 0.381. The van der Waals surface area contributed by atoms with Gasteiger partial charge in [-0.15, -0.1) is 0 Å². The molecule has 1 heterocycles. The fourth-order valence-electron chi connectivity index (χ4n) is 2.46. The van der Waals surface area contributed by atoms with Gasteiger partial charge in [-0.05, 0) is 32.1 Å². The van der Waals surface area contributed by atoms with Crippen molar-refractivity contribution < 1.29 is 0 Å². The Bertz CT molecular complexity index is 236. The largest absolute Gasteiger partial charge is 0.328 e. The van der Waals surface area contributed by atoms with Gasteiger partial charge in [-0.2, -0.15) is 5.11 Å². The van der Waals surface area contributed by atoms with Crippen LogP contribution >= 0.6 is 0 Å². The van der Waals surface area contributed by atoms with Crippen LogP contribution < -0.4 is 5.73 Å². The van der Waals surface area contributed by atoms with E-state index in [0.717, 1.165) is 19.3 Å². The second kappa shape index (κ2) is 2.67. The predicted molar refractivity (Wildman–Crippen MR) is 49.1 cm³/mol. The van der Waals surface area contributed by atoms with E-state index in [1.807, 2.05) is 0 Å². The molecule has 1 aliphatic heterocycles. The van der Waals surface area contributed by atoms with Gasteiger partial charge in [0.05, 0.1) is 12.1 Å². The van der Waals surface area contributed by atoms with Crippen LogP contribution in [0.1, 0.15) is 32.1 Å². The fraction of sp³-hybridized carbons (Fsp3) is 1.00. The van der Waals surface area contributed by atoms with Crippen LogP contribution in [0.5, 0.6) is 0 Å². The van der Waals surface area contributed by atoms with Crippen molar-refractivity contribution in [3.05, 3.63) is 0 Å². The first-order valence-electron chi connectivity index (χ1n) is 5.29. The third kappa shape index (κ3) is 1.24. The van der Waals surface area contributed by atoms with Crippen LogP contribution in [0.15, 0.2) is 10.3 Å². The van der Waals surface area contributed by atoms with Crippen LogP contribution in [0.25, 0.3) is 0 Å². The summed E-state index contributed by atoms with van der Waals surface area (Å²) < 4.78 is 0. The van der Waals surface area contributed by atoms with Gasteiger partial charge in [-0.25, -0.2) is 0 Å². The van der Waals surface area contributed by atoms with E-state index in [-0.39, 0.29) is 0 Å². The van der Waals surface area contributed by atoms with E-state index in [1.54, 1.807) is 0 Å². The minimum Gasteiger partial charge on any atom is -0.328 e. The Labute approximate surface area is 78.2 Å². The summed E-state index contributed by atoms with van der Waals surface area (Å²) >= 11 is 0. The van der Waals surface area contributed by atoms with Crippen LogP contribution in [0.3, 0.4) is 0 Å². The molecule has 0 bridgehead atoms. The molecule has 72 valence electrons. The van der Waals surface area contributed by atoms with Gasteiger partial charge in [-0.3, -0.25) is 5.01 Å². The van der Waals surface area contributed by atoms with Crippen molar-refractivity contribution in [3.63, 3.8) is 0 Å². The zero-order valence-corrected chi connectivity index (χ0v) is 7.76. The average molecular weight is 180 g/mol. The monoisotopic (exact) mass is 180 g/mol. The molecule has 0 saturated heterocycles. The lowest BCUT2D eigenvalue weighted by Gasteiger charge is -2.32. The van der Waals surface area contributed by atoms with Gasteiger partial charge in [0.15, 0.2) is 0 Å². The Morgan fingerprint density at radius 3 is 2.77 bits per heavy atom. The lowest BCUT2D eigenvalue weighted by molar-refractivity contribution is 0.166. The molecular weight excluding hydrogens is 164 g/mol. The highest BCUT2D eigenvalue weighted by atomic mass is 15.6. The Hall–Kier alpha value is -0.640. The Kier molecular flexibility index (Phi) is 1.59. The maximum absolute atomic E-state index is 5.96. The highest BCUT2D eigenvalue weighted by Crippen LogP contribution is 2.38. The summed E-state index contributed by atoms with van der Waals surface area (Å²) in [5.74, 6) is 0. The average Bonchev–Trinajstić information content (AvgIpc) is 2.87. The first kappa shape index (κ1) is 7.74. The zero-order chi connectivity index (χ0) is 8.84. The van der Waals surface area contributed by atoms with Gasteiger partial charge in [0.25, 0.3) is 0 Å². The van der Waals surface area contributed by atoms with E-state index >= 15 is 0 Å². The summed E-state index contributed by atoms with van der Waals surface area (Å²) in [4.78, 5) is 0. The highest BCUT2D eigenvalue weighted by molar-refractivity contribution is 4.98. The van der Waals surface area contributed by atoms with Gasteiger partial charge < -0.3 is 5.73 Å². The zero-order valence-electron chi connectivity index (χ0n) is 7.76. The fourth-order valence-corrected chi connectivity index (χ4v) is 2.46. The molecular formula is C9H16N4. The van der Waals surface area contributed by atoms with Gasteiger partial charge in [-0.1, -0.05) is 5.22 Å². The van der Waals surface area contributed by atoms with Crippen molar-refractivity contribution >= 4 is 0 Å². The first-order chi connectivity index (χ1) is 6.34. The molecule has 0 aromatic rings. The molecule has 0 aromatic carbocycles. The summed E-state index contributed by atoms with van der Waals surface area (Å²) in [5.41, 5.74) is 5.96. The standard InChI is InChI=1S/C9H16N4/c10-6-1-4-8-9(5-6)13(12-11-8)7-2-3-7/h6-9H,1-5,10H2. The van der Waals surface area contributed by atoms with Crippen LogP contribution in [0, 0.1) is 0 Å².